The van der Waals surface area contributed by atoms with E-state index in [0.29, 0.717) is 17.3 Å². The molecule has 5 nitrogen and oxygen atoms in total. The van der Waals surface area contributed by atoms with E-state index in [9.17, 15) is 4.79 Å². The predicted octanol–water partition coefficient (Wildman–Crippen LogP) is 3.75. The number of rotatable bonds is 3. The number of benzene rings is 1. The molecule has 2 amide bonds. The zero-order valence-electron chi connectivity index (χ0n) is 12.9. The molecule has 0 bridgehead atoms. The summed E-state index contributed by atoms with van der Waals surface area (Å²) in [6.45, 7) is 6.58. The SMILES string of the molecule is CC(C)(C)c1ncncc1CNC(=O)Nc1cccc(Cl)c1. The van der Waals surface area contributed by atoms with E-state index in [-0.39, 0.29) is 11.4 Å². The van der Waals surface area contributed by atoms with Crippen molar-refractivity contribution in [1.29, 1.82) is 0 Å². The number of halogens is 1. The molecule has 0 aliphatic rings. The van der Waals surface area contributed by atoms with Crippen LogP contribution in [0.4, 0.5) is 10.5 Å². The average molecular weight is 319 g/mol. The van der Waals surface area contributed by atoms with Crippen LogP contribution in [-0.4, -0.2) is 16.0 Å². The summed E-state index contributed by atoms with van der Waals surface area (Å²) in [5, 5.41) is 6.12. The van der Waals surface area contributed by atoms with E-state index < -0.39 is 0 Å². The van der Waals surface area contributed by atoms with Crippen molar-refractivity contribution >= 4 is 23.3 Å². The highest BCUT2D eigenvalue weighted by Gasteiger charge is 2.19. The van der Waals surface area contributed by atoms with Crippen molar-refractivity contribution in [2.24, 2.45) is 0 Å². The van der Waals surface area contributed by atoms with Gasteiger partial charge in [0.2, 0.25) is 0 Å². The number of aromatic nitrogens is 2. The number of anilines is 1. The summed E-state index contributed by atoms with van der Waals surface area (Å²) in [6, 6.07) is 6.69. The molecule has 0 unspecified atom stereocenters. The predicted molar refractivity (Wildman–Crippen MR) is 88.0 cm³/mol. The normalized spacial score (nSPS) is 11.1. The minimum Gasteiger partial charge on any atom is -0.334 e. The summed E-state index contributed by atoms with van der Waals surface area (Å²) in [7, 11) is 0. The van der Waals surface area contributed by atoms with Crippen molar-refractivity contribution in [2.75, 3.05) is 5.32 Å². The zero-order valence-corrected chi connectivity index (χ0v) is 13.6. The maximum atomic E-state index is 12.0. The Morgan fingerprint density at radius 1 is 1.32 bits per heavy atom. The Labute approximate surface area is 135 Å². The summed E-state index contributed by atoms with van der Waals surface area (Å²) in [5.74, 6) is 0. The van der Waals surface area contributed by atoms with Gasteiger partial charge in [0.25, 0.3) is 0 Å². The molecular weight excluding hydrogens is 300 g/mol. The largest absolute Gasteiger partial charge is 0.334 e. The molecule has 0 fully saturated rings. The van der Waals surface area contributed by atoms with Gasteiger partial charge in [-0.1, -0.05) is 38.4 Å². The zero-order chi connectivity index (χ0) is 16.2. The highest BCUT2D eigenvalue weighted by atomic mass is 35.5. The van der Waals surface area contributed by atoms with Crippen molar-refractivity contribution in [1.82, 2.24) is 15.3 Å². The molecule has 0 saturated heterocycles. The lowest BCUT2D eigenvalue weighted by Gasteiger charge is -2.21. The summed E-state index contributed by atoms with van der Waals surface area (Å²) < 4.78 is 0. The molecule has 1 aromatic carbocycles. The van der Waals surface area contributed by atoms with Crippen LogP contribution in [0.5, 0.6) is 0 Å². The van der Waals surface area contributed by atoms with E-state index in [2.05, 4.69) is 41.4 Å². The van der Waals surface area contributed by atoms with Gasteiger partial charge in [0.1, 0.15) is 6.33 Å². The first kappa shape index (κ1) is 16.2. The van der Waals surface area contributed by atoms with Crippen LogP contribution in [0.3, 0.4) is 0 Å². The van der Waals surface area contributed by atoms with Gasteiger partial charge >= 0.3 is 6.03 Å². The molecule has 2 rings (SSSR count). The minimum atomic E-state index is -0.300. The van der Waals surface area contributed by atoms with Gasteiger partial charge in [-0.05, 0) is 18.2 Å². The third kappa shape index (κ3) is 4.43. The van der Waals surface area contributed by atoms with Crippen molar-refractivity contribution in [3.63, 3.8) is 0 Å². The first-order chi connectivity index (χ1) is 10.4. The van der Waals surface area contributed by atoms with Crippen molar-refractivity contribution in [3.05, 3.63) is 53.1 Å². The molecule has 22 heavy (non-hydrogen) atoms. The molecule has 0 aliphatic heterocycles. The molecule has 0 atom stereocenters. The van der Waals surface area contributed by atoms with Crippen molar-refractivity contribution in [2.45, 2.75) is 32.7 Å². The maximum absolute atomic E-state index is 12.0. The molecular formula is C16H19ClN4O. The molecule has 116 valence electrons. The van der Waals surface area contributed by atoms with E-state index in [1.54, 1.807) is 30.5 Å². The standard InChI is InChI=1S/C16H19ClN4O/c1-16(2,3)14-11(8-18-10-20-14)9-19-15(22)21-13-6-4-5-12(17)7-13/h4-8,10H,9H2,1-3H3,(H2,19,21,22). The van der Waals surface area contributed by atoms with Crippen LogP contribution in [0, 0.1) is 0 Å². The number of nitrogens with zero attached hydrogens (tertiary/aromatic N) is 2. The van der Waals surface area contributed by atoms with E-state index in [1.165, 1.54) is 6.33 Å². The molecule has 0 spiro atoms. The van der Waals surface area contributed by atoms with E-state index >= 15 is 0 Å². The fourth-order valence-corrected chi connectivity index (χ4v) is 2.27. The highest BCUT2D eigenvalue weighted by Crippen LogP contribution is 2.22. The molecule has 1 heterocycles. The Balaban J connectivity index is 2.00. The maximum Gasteiger partial charge on any atom is 0.319 e. The van der Waals surface area contributed by atoms with Crippen LogP contribution in [0.25, 0.3) is 0 Å². The number of urea groups is 1. The van der Waals surface area contributed by atoms with E-state index in [0.717, 1.165) is 11.3 Å². The third-order valence-electron chi connectivity index (χ3n) is 3.02. The summed E-state index contributed by atoms with van der Waals surface area (Å²) >= 11 is 5.88. The topological polar surface area (TPSA) is 66.9 Å². The van der Waals surface area contributed by atoms with Crippen LogP contribution >= 0.6 is 11.6 Å². The molecule has 2 N–H and O–H groups in total. The lowest BCUT2D eigenvalue weighted by molar-refractivity contribution is 0.251. The first-order valence-electron chi connectivity index (χ1n) is 6.96. The van der Waals surface area contributed by atoms with Crippen molar-refractivity contribution in [3.8, 4) is 0 Å². The lowest BCUT2D eigenvalue weighted by Crippen LogP contribution is -2.30. The second-order valence-corrected chi connectivity index (χ2v) is 6.40. The monoisotopic (exact) mass is 318 g/mol. The number of hydrogen-bond donors (Lipinski definition) is 2. The van der Waals surface area contributed by atoms with Crippen LogP contribution in [-0.2, 0) is 12.0 Å². The average Bonchev–Trinajstić information content (AvgIpc) is 2.44. The van der Waals surface area contributed by atoms with Crippen LogP contribution in [0.1, 0.15) is 32.0 Å². The second-order valence-electron chi connectivity index (χ2n) is 5.96. The smallest absolute Gasteiger partial charge is 0.319 e. The van der Waals surface area contributed by atoms with Crippen LogP contribution in [0.15, 0.2) is 36.8 Å². The molecule has 1 aromatic heterocycles. The molecule has 0 aliphatic carbocycles. The molecule has 2 aromatic rings. The van der Waals surface area contributed by atoms with Gasteiger partial charge in [-0.2, -0.15) is 0 Å². The molecule has 0 radical (unpaired) electrons. The fraction of sp³-hybridized carbons (Fsp3) is 0.312. The van der Waals surface area contributed by atoms with Gasteiger partial charge in [-0.15, -0.1) is 0 Å². The van der Waals surface area contributed by atoms with Gasteiger partial charge in [0.15, 0.2) is 0 Å². The fourth-order valence-electron chi connectivity index (χ4n) is 2.08. The highest BCUT2D eigenvalue weighted by molar-refractivity contribution is 6.30. The Morgan fingerprint density at radius 3 is 2.77 bits per heavy atom. The lowest BCUT2D eigenvalue weighted by atomic mass is 9.89. The number of carbonyl (C=O) groups is 1. The van der Waals surface area contributed by atoms with Gasteiger partial charge in [0, 0.05) is 34.4 Å². The number of hydrogen-bond acceptors (Lipinski definition) is 3. The summed E-state index contributed by atoms with van der Waals surface area (Å²) in [5.41, 5.74) is 2.36. The number of carbonyl (C=O) groups excluding carboxylic acids is 1. The van der Waals surface area contributed by atoms with Gasteiger partial charge < -0.3 is 10.6 Å². The first-order valence-corrected chi connectivity index (χ1v) is 7.34. The second kappa shape index (κ2) is 6.75. The quantitative estimate of drug-likeness (QED) is 0.905. The summed E-state index contributed by atoms with van der Waals surface area (Å²) in [4.78, 5) is 20.3. The molecule has 0 saturated carbocycles. The Bertz CT molecular complexity index is 667. The Morgan fingerprint density at radius 2 is 2.09 bits per heavy atom. The third-order valence-corrected chi connectivity index (χ3v) is 3.26. The van der Waals surface area contributed by atoms with Gasteiger partial charge in [-0.25, -0.2) is 14.8 Å². The van der Waals surface area contributed by atoms with Crippen LogP contribution < -0.4 is 10.6 Å². The number of amides is 2. The molecule has 6 heteroatoms. The van der Waals surface area contributed by atoms with Crippen molar-refractivity contribution < 1.29 is 4.79 Å². The van der Waals surface area contributed by atoms with Gasteiger partial charge in [-0.3, -0.25) is 0 Å². The van der Waals surface area contributed by atoms with Crippen LogP contribution in [0.2, 0.25) is 5.02 Å². The minimum absolute atomic E-state index is 0.108. The van der Waals surface area contributed by atoms with E-state index in [4.69, 9.17) is 11.6 Å². The Kier molecular flexibility index (Phi) is 4.98. The Hall–Kier alpha value is -2.14. The summed E-state index contributed by atoms with van der Waals surface area (Å²) in [6.07, 6.45) is 3.25. The van der Waals surface area contributed by atoms with Gasteiger partial charge in [0.05, 0.1) is 5.69 Å². The van der Waals surface area contributed by atoms with E-state index in [1.807, 2.05) is 0 Å². The number of nitrogens with one attached hydrogen (secondary N) is 2.